The molecule has 0 aliphatic carbocycles. The van der Waals surface area contributed by atoms with Gasteiger partial charge in [0.25, 0.3) is 11.5 Å². The maximum atomic E-state index is 13.9. The molecule has 0 fully saturated rings. The van der Waals surface area contributed by atoms with Crippen LogP contribution in [0.2, 0.25) is 0 Å². The molecule has 0 spiro atoms. The molecule has 184 valence electrons. The Hall–Kier alpha value is -3.95. The van der Waals surface area contributed by atoms with Crippen molar-refractivity contribution in [1.82, 2.24) is 19.2 Å². The van der Waals surface area contributed by atoms with Gasteiger partial charge in [-0.1, -0.05) is 18.2 Å². The topological polar surface area (TPSA) is 95.7 Å². The van der Waals surface area contributed by atoms with Crippen LogP contribution in [0.5, 0.6) is 5.75 Å². The number of esters is 1. The minimum atomic E-state index is -0.640. The number of carbonyl (C=O) groups excluding carboxylic acids is 2. The fraction of sp³-hybridized carbons (Fsp3) is 0.360. The quantitative estimate of drug-likeness (QED) is 0.480. The third-order valence-corrected chi connectivity index (χ3v) is 6.06. The summed E-state index contributed by atoms with van der Waals surface area (Å²) in [4.78, 5) is 40.3. The average molecular weight is 483 g/mol. The highest BCUT2D eigenvalue weighted by molar-refractivity contribution is 5.95. The number of pyridine rings is 1. The summed E-state index contributed by atoms with van der Waals surface area (Å²) in [6, 6.07) is 7.60. The van der Waals surface area contributed by atoms with Gasteiger partial charge >= 0.3 is 5.97 Å². The Bertz CT molecular complexity index is 1300. The number of ether oxygens (including phenoxy) is 2. The van der Waals surface area contributed by atoms with Gasteiger partial charge in [-0.05, 0) is 18.6 Å². The van der Waals surface area contributed by atoms with Gasteiger partial charge in [-0.2, -0.15) is 5.10 Å². The first kappa shape index (κ1) is 24.2. The Labute approximate surface area is 201 Å². The first-order valence-corrected chi connectivity index (χ1v) is 11.5. The first-order chi connectivity index (χ1) is 16.9. The van der Waals surface area contributed by atoms with Crippen molar-refractivity contribution in [3.05, 3.63) is 81.3 Å². The molecule has 0 saturated carbocycles. The van der Waals surface area contributed by atoms with E-state index in [-0.39, 0.29) is 54.6 Å². The summed E-state index contributed by atoms with van der Waals surface area (Å²) < 4.78 is 27.9. The van der Waals surface area contributed by atoms with Crippen molar-refractivity contribution in [2.24, 2.45) is 0 Å². The van der Waals surface area contributed by atoms with E-state index in [4.69, 9.17) is 9.47 Å². The normalized spacial score (nSPS) is 13.2. The van der Waals surface area contributed by atoms with Gasteiger partial charge < -0.3 is 18.9 Å². The van der Waals surface area contributed by atoms with Crippen LogP contribution in [0.25, 0.3) is 0 Å². The van der Waals surface area contributed by atoms with E-state index in [9.17, 15) is 18.8 Å². The maximum absolute atomic E-state index is 13.9. The molecule has 0 bridgehead atoms. The minimum Gasteiger partial charge on any atom is -0.492 e. The number of aromatic nitrogens is 3. The molecule has 2 aromatic heterocycles. The molecule has 10 heteroatoms. The van der Waals surface area contributed by atoms with Crippen LogP contribution in [-0.2, 0) is 30.7 Å². The highest BCUT2D eigenvalue weighted by Gasteiger charge is 2.28. The van der Waals surface area contributed by atoms with Crippen molar-refractivity contribution in [2.45, 2.75) is 32.9 Å². The van der Waals surface area contributed by atoms with E-state index < -0.39 is 5.97 Å². The van der Waals surface area contributed by atoms with Gasteiger partial charge in [-0.15, -0.1) is 0 Å². The molecule has 35 heavy (non-hydrogen) atoms. The zero-order valence-corrected chi connectivity index (χ0v) is 19.7. The highest BCUT2D eigenvalue weighted by atomic mass is 19.1. The van der Waals surface area contributed by atoms with Crippen molar-refractivity contribution in [2.75, 3.05) is 26.8 Å². The number of hydrogen-bond acceptors (Lipinski definition) is 6. The zero-order chi connectivity index (χ0) is 24.9. The van der Waals surface area contributed by atoms with Gasteiger partial charge in [-0.25, -0.2) is 9.18 Å². The van der Waals surface area contributed by atoms with E-state index in [1.165, 1.54) is 30.0 Å². The summed E-state index contributed by atoms with van der Waals surface area (Å²) in [6.45, 7) is 3.48. The Morgan fingerprint density at radius 2 is 1.97 bits per heavy atom. The number of amides is 1. The molecule has 0 radical (unpaired) electrons. The van der Waals surface area contributed by atoms with E-state index >= 15 is 0 Å². The fourth-order valence-electron chi connectivity index (χ4n) is 4.19. The number of halogens is 1. The maximum Gasteiger partial charge on any atom is 0.343 e. The first-order valence-electron chi connectivity index (χ1n) is 11.5. The Morgan fingerprint density at radius 3 is 2.69 bits per heavy atom. The number of methoxy groups -OCH3 is 1. The lowest BCUT2D eigenvalue weighted by atomic mass is 10.1. The van der Waals surface area contributed by atoms with E-state index in [1.54, 1.807) is 34.0 Å². The average Bonchev–Trinajstić information content (AvgIpc) is 3.24. The third-order valence-electron chi connectivity index (χ3n) is 6.06. The summed E-state index contributed by atoms with van der Waals surface area (Å²) in [6.07, 6.45) is 3.74. The van der Waals surface area contributed by atoms with Gasteiger partial charge in [0.15, 0.2) is 0 Å². The number of fused-ring (bicyclic) bond motifs is 1. The monoisotopic (exact) mass is 482 g/mol. The number of rotatable bonds is 7. The van der Waals surface area contributed by atoms with Gasteiger partial charge in [-0.3, -0.25) is 14.3 Å². The largest absolute Gasteiger partial charge is 0.492 e. The SMILES string of the molecule is CCn1cc(C(=O)N2CCc3c(C(=O)OC)c(OCCc4ccccc4F)cc(=O)n3CC2)cn1. The molecule has 4 rings (SSSR count). The summed E-state index contributed by atoms with van der Waals surface area (Å²) in [7, 11) is 1.26. The van der Waals surface area contributed by atoms with Gasteiger partial charge in [0.05, 0.1) is 25.5 Å². The van der Waals surface area contributed by atoms with Crippen molar-refractivity contribution in [1.29, 1.82) is 0 Å². The zero-order valence-electron chi connectivity index (χ0n) is 19.7. The molecule has 3 heterocycles. The standard InChI is InChI=1S/C25H27FN4O5/c1-3-29-16-18(15-27-29)24(32)28-10-8-20-23(25(33)34-2)21(14-22(31)30(20)12-11-28)35-13-9-17-6-4-5-7-19(17)26/h4-7,14-16H,3,8-13H2,1-2H3. The van der Waals surface area contributed by atoms with Crippen LogP contribution >= 0.6 is 0 Å². The molecular weight excluding hydrogens is 455 g/mol. The van der Waals surface area contributed by atoms with Gasteiger partial charge in [0.1, 0.15) is 17.1 Å². The Balaban J connectivity index is 1.58. The molecule has 1 aliphatic heterocycles. The second kappa shape index (κ2) is 10.5. The summed E-state index contributed by atoms with van der Waals surface area (Å²) in [5.74, 6) is -1.08. The summed E-state index contributed by atoms with van der Waals surface area (Å²) in [5.41, 5.74) is 1.19. The molecule has 1 amide bonds. The summed E-state index contributed by atoms with van der Waals surface area (Å²) >= 11 is 0. The predicted molar refractivity (Wildman–Crippen MR) is 125 cm³/mol. The molecule has 0 unspecified atom stereocenters. The van der Waals surface area contributed by atoms with E-state index in [1.807, 2.05) is 6.92 Å². The van der Waals surface area contributed by atoms with Gasteiger partial charge in [0.2, 0.25) is 0 Å². The van der Waals surface area contributed by atoms with Crippen molar-refractivity contribution >= 4 is 11.9 Å². The molecule has 1 aliphatic rings. The molecule has 1 aromatic carbocycles. The molecule has 0 N–H and O–H groups in total. The van der Waals surface area contributed by atoms with E-state index in [0.29, 0.717) is 36.5 Å². The summed E-state index contributed by atoms with van der Waals surface area (Å²) in [5, 5.41) is 4.16. The Kier molecular flexibility index (Phi) is 7.28. The van der Waals surface area contributed by atoms with Crippen LogP contribution in [-0.4, -0.2) is 57.9 Å². The van der Waals surface area contributed by atoms with Crippen LogP contribution in [0, 0.1) is 5.82 Å². The van der Waals surface area contributed by atoms with Crippen molar-refractivity contribution in [3.63, 3.8) is 0 Å². The lowest BCUT2D eigenvalue weighted by Crippen LogP contribution is -2.34. The second-order valence-electron chi connectivity index (χ2n) is 8.13. The molecule has 0 saturated heterocycles. The number of hydrogen-bond donors (Lipinski definition) is 0. The molecule has 9 nitrogen and oxygen atoms in total. The number of carbonyl (C=O) groups is 2. The van der Waals surface area contributed by atoms with E-state index in [0.717, 1.165) is 0 Å². The number of nitrogens with zero attached hydrogens (tertiary/aromatic N) is 4. The van der Waals surface area contributed by atoms with Crippen LogP contribution < -0.4 is 10.3 Å². The molecule has 0 atom stereocenters. The number of aryl methyl sites for hydroxylation is 1. The fourth-order valence-corrected chi connectivity index (χ4v) is 4.19. The molecule has 3 aromatic rings. The van der Waals surface area contributed by atoms with Gasteiger partial charge in [0, 0.05) is 57.0 Å². The van der Waals surface area contributed by atoms with E-state index in [2.05, 4.69) is 5.10 Å². The van der Waals surface area contributed by atoms with Crippen molar-refractivity contribution < 1.29 is 23.5 Å². The lowest BCUT2D eigenvalue weighted by molar-refractivity contribution is 0.0593. The van der Waals surface area contributed by atoms with Crippen molar-refractivity contribution in [3.8, 4) is 5.75 Å². The van der Waals surface area contributed by atoms with Crippen LogP contribution in [0.4, 0.5) is 4.39 Å². The Morgan fingerprint density at radius 1 is 1.17 bits per heavy atom. The second-order valence-corrected chi connectivity index (χ2v) is 8.13. The van der Waals surface area contributed by atoms with Crippen LogP contribution in [0.1, 0.15) is 38.9 Å². The lowest BCUT2D eigenvalue weighted by Gasteiger charge is -2.18. The number of benzene rings is 1. The third kappa shape index (κ3) is 5.11. The minimum absolute atomic E-state index is 0.0693. The highest BCUT2D eigenvalue weighted by Crippen LogP contribution is 2.25. The smallest absolute Gasteiger partial charge is 0.343 e. The van der Waals surface area contributed by atoms with Crippen LogP contribution in [0.3, 0.4) is 0 Å². The van der Waals surface area contributed by atoms with Crippen LogP contribution in [0.15, 0.2) is 47.5 Å². The predicted octanol–water partition coefficient (Wildman–Crippen LogP) is 2.31. The molecular formula is C25H27FN4O5.